The number of carbonyl (C=O) groups excluding carboxylic acids is 1. The van der Waals surface area contributed by atoms with Crippen LogP contribution in [0.4, 0.5) is 11.4 Å². The molecule has 0 spiro atoms. The summed E-state index contributed by atoms with van der Waals surface area (Å²) in [5.74, 6) is 2.97. The number of amidine groups is 1. The first kappa shape index (κ1) is 19.6. The Morgan fingerprint density at radius 3 is 2.37 bits per heavy atom. The summed E-state index contributed by atoms with van der Waals surface area (Å²) in [4.78, 5) is 20.2. The van der Waals surface area contributed by atoms with Gasteiger partial charge in [-0.2, -0.15) is 0 Å². The maximum absolute atomic E-state index is 13.3. The smallest absolute Gasteiger partial charge is 0.271 e. The van der Waals surface area contributed by atoms with E-state index in [9.17, 15) is 4.79 Å². The molecule has 1 aliphatic rings. The number of hydrogen-bond acceptors (Lipinski definition) is 4. The van der Waals surface area contributed by atoms with E-state index in [0.717, 1.165) is 16.9 Å². The highest BCUT2D eigenvalue weighted by molar-refractivity contribution is 8.19. The summed E-state index contributed by atoms with van der Waals surface area (Å²) in [6.07, 6.45) is 7.14. The third kappa shape index (κ3) is 4.29. The van der Waals surface area contributed by atoms with Crippen molar-refractivity contribution in [2.45, 2.75) is 0 Å². The van der Waals surface area contributed by atoms with E-state index in [-0.39, 0.29) is 12.5 Å². The summed E-state index contributed by atoms with van der Waals surface area (Å²) in [7, 11) is 0. The zero-order chi connectivity index (χ0) is 20.8. The molecule has 146 valence electrons. The van der Waals surface area contributed by atoms with Crippen LogP contribution in [0.15, 0.2) is 94.8 Å². The normalized spacial score (nSPS) is 16.1. The first-order valence-electron chi connectivity index (χ1n) is 9.34. The van der Waals surface area contributed by atoms with Gasteiger partial charge in [0.05, 0.1) is 16.3 Å². The average Bonchev–Trinajstić information content (AvgIpc) is 3.09. The van der Waals surface area contributed by atoms with Crippen molar-refractivity contribution < 1.29 is 9.53 Å². The number of terminal acetylenes is 1. The van der Waals surface area contributed by atoms with Crippen molar-refractivity contribution in [1.82, 2.24) is 0 Å². The van der Waals surface area contributed by atoms with Crippen molar-refractivity contribution in [3.05, 3.63) is 95.4 Å². The lowest BCUT2D eigenvalue weighted by Crippen LogP contribution is -2.28. The first-order valence-corrected chi connectivity index (χ1v) is 10.2. The molecule has 0 radical (unpaired) electrons. The molecule has 30 heavy (non-hydrogen) atoms. The Hall–Kier alpha value is -3.75. The number of amides is 1. The Labute approximate surface area is 179 Å². The lowest BCUT2D eigenvalue weighted by atomic mass is 10.2. The van der Waals surface area contributed by atoms with Gasteiger partial charge in [0.1, 0.15) is 12.4 Å². The topological polar surface area (TPSA) is 41.9 Å². The molecule has 0 bridgehead atoms. The molecule has 1 aliphatic heterocycles. The van der Waals surface area contributed by atoms with Crippen molar-refractivity contribution in [3.8, 4) is 18.1 Å². The molecule has 0 aromatic heterocycles. The van der Waals surface area contributed by atoms with Crippen LogP contribution in [-0.2, 0) is 4.79 Å². The van der Waals surface area contributed by atoms with E-state index in [0.29, 0.717) is 15.8 Å². The molecule has 0 unspecified atom stereocenters. The Morgan fingerprint density at radius 2 is 1.63 bits per heavy atom. The Morgan fingerprint density at radius 1 is 0.967 bits per heavy atom. The van der Waals surface area contributed by atoms with Crippen LogP contribution in [0.5, 0.6) is 5.75 Å². The number of rotatable bonds is 5. The van der Waals surface area contributed by atoms with Gasteiger partial charge in [-0.25, -0.2) is 4.99 Å². The Balaban J connectivity index is 1.75. The molecule has 0 atom stereocenters. The van der Waals surface area contributed by atoms with E-state index < -0.39 is 0 Å². The molecular weight excluding hydrogens is 392 g/mol. The minimum absolute atomic E-state index is 0.132. The van der Waals surface area contributed by atoms with E-state index in [1.165, 1.54) is 11.8 Å². The van der Waals surface area contributed by atoms with Crippen molar-refractivity contribution in [2.75, 3.05) is 11.5 Å². The molecule has 5 heteroatoms. The van der Waals surface area contributed by atoms with Gasteiger partial charge >= 0.3 is 0 Å². The second kappa shape index (κ2) is 9.17. The Kier molecular flexibility index (Phi) is 5.98. The van der Waals surface area contributed by atoms with Crippen LogP contribution in [0, 0.1) is 12.3 Å². The van der Waals surface area contributed by atoms with Crippen molar-refractivity contribution in [1.29, 1.82) is 0 Å². The summed E-state index contributed by atoms with van der Waals surface area (Å²) >= 11 is 1.34. The first-order chi connectivity index (χ1) is 14.8. The van der Waals surface area contributed by atoms with E-state index >= 15 is 0 Å². The van der Waals surface area contributed by atoms with Gasteiger partial charge in [-0.15, -0.1) is 6.42 Å². The van der Waals surface area contributed by atoms with Crippen LogP contribution in [0.3, 0.4) is 0 Å². The molecule has 4 nitrogen and oxygen atoms in total. The fourth-order valence-electron chi connectivity index (χ4n) is 2.96. The average molecular weight is 410 g/mol. The molecule has 1 heterocycles. The molecule has 0 saturated carbocycles. The molecule has 0 N–H and O–H groups in total. The predicted molar refractivity (Wildman–Crippen MR) is 124 cm³/mol. The van der Waals surface area contributed by atoms with E-state index in [1.54, 1.807) is 4.90 Å². The third-order valence-corrected chi connectivity index (χ3v) is 5.29. The molecule has 3 aromatic rings. The van der Waals surface area contributed by atoms with Crippen LogP contribution in [0.2, 0.25) is 0 Å². The van der Waals surface area contributed by atoms with E-state index in [1.807, 2.05) is 91.0 Å². The summed E-state index contributed by atoms with van der Waals surface area (Å²) in [5.41, 5.74) is 2.34. The summed E-state index contributed by atoms with van der Waals surface area (Å²) in [6, 6.07) is 26.6. The molecule has 0 aliphatic carbocycles. The molecular formula is C25H18N2O2S. The minimum Gasteiger partial charge on any atom is -0.480 e. The molecule has 1 fully saturated rings. The number of carbonyl (C=O) groups is 1. The number of benzene rings is 3. The summed E-state index contributed by atoms with van der Waals surface area (Å²) in [6.45, 7) is 0.165. The molecule has 4 rings (SSSR count). The number of hydrogen-bond donors (Lipinski definition) is 0. The monoisotopic (exact) mass is 410 g/mol. The standard InChI is InChI=1S/C25H18N2O2S/c1-2-17-29-22-16-10-9-11-19(22)18-23-24(28)27(21-14-7-4-8-15-21)25(30-23)26-20-12-5-3-6-13-20/h1,3-16,18H,17H2/b23-18+,26-25?. The van der Waals surface area contributed by atoms with Crippen LogP contribution in [0.25, 0.3) is 6.08 Å². The van der Waals surface area contributed by atoms with Gasteiger partial charge < -0.3 is 4.74 Å². The highest BCUT2D eigenvalue weighted by Crippen LogP contribution is 2.38. The van der Waals surface area contributed by atoms with Gasteiger partial charge in [-0.1, -0.05) is 60.5 Å². The SMILES string of the molecule is C#CCOc1ccccc1/C=C1/SC(=Nc2ccccc2)N(c2ccccc2)C1=O. The van der Waals surface area contributed by atoms with Crippen molar-refractivity contribution in [3.63, 3.8) is 0 Å². The summed E-state index contributed by atoms with van der Waals surface area (Å²) in [5, 5.41) is 0.602. The largest absolute Gasteiger partial charge is 0.480 e. The number of ether oxygens (including phenoxy) is 1. The van der Waals surface area contributed by atoms with E-state index in [2.05, 4.69) is 5.92 Å². The number of para-hydroxylation sites is 3. The number of nitrogens with zero attached hydrogens (tertiary/aromatic N) is 2. The number of aliphatic imine (C=N–C) groups is 1. The van der Waals surface area contributed by atoms with Crippen LogP contribution in [0.1, 0.15) is 5.56 Å². The van der Waals surface area contributed by atoms with Gasteiger partial charge in [0.15, 0.2) is 5.17 Å². The third-order valence-electron chi connectivity index (χ3n) is 4.32. The fourth-order valence-corrected chi connectivity index (χ4v) is 3.95. The second-order valence-electron chi connectivity index (χ2n) is 6.35. The maximum Gasteiger partial charge on any atom is 0.271 e. The fraction of sp³-hybridized carbons (Fsp3) is 0.0400. The lowest BCUT2D eigenvalue weighted by Gasteiger charge is -2.15. The van der Waals surface area contributed by atoms with Crippen LogP contribution >= 0.6 is 11.8 Å². The number of thioether (sulfide) groups is 1. The lowest BCUT2D eigenvalue weighted by molar-refractivity contribution is -0.113. The van der Waals surface area contributed by atoms with Gasteiger partial charge in [0.2, 0.25) is 0 Å². The molecule has 3 aromatic carbocycles. The van der Waals surface area contributed by atoms with Crippen molar-refractivity contribution in [2.24, 2.45) is 4.99 Å². The van der Waals surface area contributed by atoms with Gasteiger partial charge in [0, 0.05) is 5.56 Å². The molecule has 1 amide bonds. The molecule has 1 saturated heterocycles. The zero-order valence-electron chi connectivity index (χ0n) is 16.1. The summed E-state index contributed by atoms with van der Waals surface area (Å²) < 4.78 is 5.62. The highest BCUT2D eigenvalue weighted by atomic mass is 32.2. The predicted octanol–water partition coefficient (Wildman–Crippen LogP) is 5.51. The minimum atomic E-state index is -0.132. The quantitative estimate of drug-likeness (QED) is 0.412. The van der Waals surface area contributed by atoms with Crippen molar-refractivity contribution >= 4 is 40.3 Å². The zero-order valence-corrected chi connectivity index (χ0v) is 16.9. The van der Waals surface area contributed by atoms with Crippen LogP contribution in [-0.4, -0.2) is 17.7 Å². The Bertz CT molecular complexity index is 1150. The van der Waals surface area contributed by atoms with Gasteiger partial charge in [0.25, 0.3) is 5.91 Å². The van der Waals surface area contributed by atoms with Gasteiger partial charge in [-0.3, -0.25) is 9.69 Å². The second-order valence-corrected chi connectivity index (χ2v) is 7.36. The van der Waals surface area contributed by atoms with Crippen LogP contribution < -0.4 is 9.64 Å². The van der Waals surface area contributed by atoms with E-state index in [4.69, 9.17) is 16.2 Å². The number of anilines is 1. The highest BCUT2D eigenvalue weighted by Gasteiger charge is 2.34. The maximum atomic E-state index is 13.3. The van der Waals surface area contributed by atoms with Gasteiger partial charge in [-0.05, 0) is 48.2 Å².